The molecule has 0 aliphatic heterocycles. The van der Waals surface area contributed by atoms with Crippen LogP contribution in [-0.2, 0) is 0 Å². The van der Waals surface area contributed by atoms with Gasteiger partial charge in [-0.1, -0.05) is 26.2 Å². The van der Waals surface area contributed by atoms with Crippen molar-refractivity contribution in [2.45, 2.75) is 58.4 Å². The van der Waals surface area contributed by atoms with E-state index in [1.807, 2.05) is 0 Å². The molecule has 3 nitrogen and oxygen atoms in total. The van der Waals surface area contributed by atoms with Gasteiger partial charge >= 0.3 is 18.9 Å². The Kier molecular flexibility index (Phi) is 23.5. The van der Waals surface area contributed by atoms with Crippen molar-refractivity contribution in [3.63, 3.8) is 0 Å². The van der Waals surface area contributed by atoms with E-state index in [0.29, 0.717) is 6.04 Å². The van der Waals surface area contributed by atoms with E-state index in [9.17, 15) is 0 Å². The van der Waals surface area contributed by atoms with Crippen LogP contribution in [0.25, 0.3) is 6.15 Å². The van der Waals surface area contributed by atoms with Gasteiger partial charge in [-0.2, -0.15) is 0 Å². The van der Waals surface area contributed by atoms with Gasteiger partial charge in [0.25, 0.3) is 0 Å². The predicted octanol–water partition coefficient (Wildman–Crippen LogP) is 0.00480. The molecule has 0 saturated carbocycles. The SMILES string of the molecule is CCCCCNCCCCC(C)N.[Li+].[NH2-]. The molecule has 0 aromatic rings. The standard InChI is InChI=1S/C11H26N2.Li.H2N/c1-3-4-6-9-13-10-7-5-8-11(2)12;;/h11,13H,3-10,12H2,1-2H3;;1H2/q;+1;-1. The van der Waals surface area contributed by atoms with Crippen molar-refractivity contribution in [2.75, 3.05) is 13.1 Å². The van der Waals surface area contributed by atoms with Crippen LogP contribution < -0.4 is 29.9 Å². The van der Waals surface area contributed by atoms with Crippen molar-refractivity contribution in [1.82, 2.24) is 5.32 Å². The molecular formula is C11H28LiN3. The third-order valence-electron chi connectivity index (χ3n) is 2.22. The number of rotatable bonds is 9. The molecule has 0 radical (unpaired) electrons. The second kappa shape index (κ2) is 16.9. The van der Waals surface area contributed by atoms with Gasteiger partial charge < -0.3 is 17.2 Å². The maximum atomic E-state index is 5.65. The molecule has 0 spiro atoms. The van der Waals surface area contributed by atoms with Crippen LogP contribution in [0.2, 0.25) is 0 Å². The molecule has 0 rings (SSSR count). The van der Waals surface area contributed by atoms with E-state index in [-0.39, 0.29) is 25.0 Å². The average Bonchev–Trinajstić information content (AvgIpc) is 2.09. The number of nitrogens with one attached hydrogen (secondary N) is 1. The van der Waals surface area contributed by atoms with E-state index in [0.717, 1.165) is 13.0 Å². The molecule has 0 bridgehead atoms. The monoisotopic (exact) mass is 209 g/mol. The van der Waals surface area contributed by atoms with Crippen LogP contribution in [-0.4, -0.2) is 19.1 Å². The van der Waals surface area contributed by atoms with Crippen molar-refractivity contribution in [1.29, 1.82) is 0 Å². The summed E-state index contributed by atoms with van der Waals surface area (Å²) in [5.41, 5.74) is 5.65. The fourth-order valence-electron chi connectivity index (χ4n) is 1.34. The summed E-state index contributed by atoms with van der Waals surface area (Å²) in [6, 6.07) is 0.375. The minimum absolute atomic E-state index is 0. The van der Waals surface area contributed by atoms with Crippen LogP contribution in [0.5, 0.6) is 0 Å². The molecular weight excluding hydrogens is 181 g/mol. The minimum atomic E-state index is 0. The summed E-state index contributed by atoms with van der Waals surface area (Å²) in [6.07, 6.45) is 7.69. The van der Waals surface area contributed by atoms with Gasteiger partial charge in [-0.25, -0.2) is 0 Å². The fourth-order valence-corrected chi connectivity index (χ4v) is 1.34. The zero-order valence-corrected chi connectivity index (χ0v) is 10.9. The van der Waals surface area contributed by atoms with E-state index in [1.54, 1.807) is 0 Å². The zero-order valence-electron chi connectivity index (χ0n) is 10.9. The molecule has 88 valence electrons. The number of hydrogen-bond acceptors (Lipinski definition) is 2. The van der Waals surface area contributed by atoms with E-state index in [1.165, 1.54) is 38.6 Å². The van der Waals surface area contributed by atoms with Crippen LogP contribution in [0.15, 0.2) is 0 Å². The van der Waals surface area contributed by atoms with Crippen molar-refractivity contribution in [3.8, 4) is 0 Å². The number of unbranched alkanes of at least 4 members (excludes halogenated alkanes) is 3. The number of nitrogens with two attached hydrogens (primary N) is 2. The van der Waals surface area contributed by atoms with Crippen LogP contribution in [0, 0.1) is 0 Å². The first kappa shape index (κ1) is 20.8. The topological polar surface area (TPSA) is 71.5 Å². The maximum absolute atomic E-state index is 5.65. The van der Waals surface area contributed by atoms with E-state index < -0.39 is 0 Å². The molecule has 0 aromatic heterocycles. The minimum Gasteiger partial charge on any atom is -0.693 e. The molecule has 1 unspecified atom stereocenters. The quantitative estimate of drug-likeness (QED) is 0.414. The maximum Gasteiger partial charge on any atom is 1.00 e. The third-order valence-corrected chi connectivity index (χ3v) is 2.22. The van der Waals surface area contributed by atoms with Crippen molar-refractivity contribution in [3.05, 3.63) is 6.15 Å². The Balaban J connectivity index is -0.000000720. The van der Waals surface area contributed by atoms with Crippen molar-refractivity contribution < 1.29 is 18.9 Å². The van der Waals surface area contributed by atoms with Crippen LogP contribution in [0.4, 0.5) is 0 Å². The predicted molar refractivity (Wildman–Crippen MR) is 65.2 cm³/mol. The van der Waals surface area contributed by atoms with Gasteiger partial charge in [-0.3, -0.25) is 0 Å². The molecule has 15 heavy (non-hydrogen) atoms. The molecule has 0 aliphatic carbocycles. The summed E-state index contributed by atoms with van der Waals surface area (Å²) in [4.78, 5) is 0. The molecule has 0 aromatic carbocycles. The Morgan fingerprint density at radius 1 is 1.07 bits per heavy atom. The molecule has 0 fully saturated rings. The Labute approximate surface area is 108 Å². The fraction of sp³-hybridized carbons (Fsp3) is 1.00. The van der Waals surface area contributed by atoms with Crippen LogP contribution >= 0.6 is 0 Å². The second-order valence-electron chi connectivity index (χ2n) is 3.93. The normalized spacial score (nSPS) is 11.4. The van der Waals surface area contributed by atoms with Crippen LogP contribution in [0.3, 0.4) is 0 Å². The molecule has 1 atom stereocenters. The Bertz CT molecular complexity index is 99.8. The van der Waals surface area contributed by atoms with Gasteiger partial charge in [0.1, 0.15) is 0 Å². The van der Waals surface area contributed by atoms with E-state index in [2.05, 4.69) is 19.2 Å². The first-order chi connectivity index (χ1) is 6.27. The van der Waals surface area contributed by atoms with Gasteiger partial charge in [0, 0.05) is 6.04 Å². The summed E-state index contributed by atoms with van der Waals surface area (Å²) in [5, 5.41) is 3.45. The van der Waals surface area contributed by atoms with Crippen LogP contribution in [0.1, 0.15) is 52.4 Å². The first-order valence-corrected chi connectivity index (χ1v) is 5.73. The largest absolute Gasteiger partial charge is 1.00 e. The van der Waals surface area contributed by atoms with Gasteiger partial charge in [0.2, 0.25) is 0 Å². The van der Waals surface area contributed by atoms with Gasteiger partial charge in [0.15, 0.2) is 0 Å². The summed E-state index contributed by atoms with van der Waals surface area (Å²) in [7, 11) is 0. The van der Waals surface area contributed by atoms with Gasteiger partial charge in [-0.05, 0) is 39.3 Å². The molecule has 0 aliphatic rings. The molecule has 5 N–H and O–H groups in total. The van der Waals surface area contributed by atoms with Crippen molar-refractivity contribution >= 4 is 0 Å². The molecule has 0 saturated heterocycles. The third kappa shape index (κ3) is 20.5. The van der Waals surface area contributed by atoms with E-state index >= 15 is 0 Å². The summed E-state index contributed by atoms with van der Waals surface area (Å²) >= 11 is 0. The molecule has 0 amide bonds. The average molecular weight is 209 g/mol. The Hall–Kier alpha value is 0.477. The second-order valence-corrected chi connectivity index (χ2v) is 3.93. The van der Waals surface area contributed by atoms with Gasteiger partial charge in [-0.15, -0.1) is 0 Å². The number of hydrogen-bond donors (Lipinski definition) is 2. The van der Waals surface area contributed by atoms with Gasteiger partial charge in [0.05, 0.1) is 0 Å². The molecule has 0 heterocycles. The van der Waals surface area contributed by atoms with Crippen molar-refractivity contribution in [2.24, 2.45) is 5.73 Å². The zero-order chi connectivity index (χ0) is 9.94. The summed E-state index contributed by atoms with van der Waals surface area (Å²) < 4.78 is 0. The first-order valence-electron chi connectivity index (χ1n) is 5.73. The summed E-state index contributed by atoms with van der Waals surface area (Å²) in [5.74, 6) is 0. The Morgan fingerprint density at radius 3 is 2.07 bits per heavy atom. The summed E-state index contributed by atoms with van der Waals surface area (Å²) in [6.45, 7) is 6.67. The Morgan fingerprint density at radius 2 is 1.60 bits per heavy atom. The van der Waals surface area contributed by atoms with E-state index in [4.69, 9.17) is 5.73 Å². The molecule has 4 heteroatoms. The smallest absolute Gasteiger partial charge is 0.693 e.